The highest BCUT2D eigenvalue weighted by Gasteiger charge is 2.45. The van der Waals surface area contributed by atoms with Gasteiger partial charge in [-0.1, -0.05) is 91.0 Å². The van der Waals surface area contributed by atoms with E-state index in [2.05, 4.69) is 10.6 Å². The van der Waals surface area contributed by atoms with E-state index in [-0.39, 0.29) is 24.5 Å². The maximum atomic E-state index is 12.8. The molecule has 0 unspecified atom stereocenters. The predicted molar refractivity (Wildman–Crippen MR) is 114 cm³/mol. The van der Waals surface area contributed by atoms with Crippen molar-refractivity contribution >= 4 is 6.03 Å². The van der Waals surface area contributed by atoms with Gasteiger partial charge in [0, 0.05) is 0 Å². The first-order chi connectivity index (χ1) is 14.2. The number of amides is 2. The molecule has 0 heterocycles. The van der Waals surface area contributed by atoms with Gasteiger partial charge in [-0.2, -0.15) is 0 Å². The van der Waals surface area contributed by atoms with Crippen molar-refractivity contribution < 1.29 is 9.90 Å². The van der Waals surface area contributed by atoms with Gasteiger partial charge in [0.15, 0.2) is 0 Å². The van der Waals surface area contributed by atoms with Crippen LogP contribution in [0.1, 0.15) is 35.6 Å². The molecule has 1 atom stereocenters. The molecule has 3 aromatic rings. The molecule has 2 amide bonds. The largest absolute Gasteiger partial charge is 0.383 e. The summed E-state index contributed by atoms with van der Waals surface area (Å²) in [7, 11) is 0. The zero-order valence-corrected chi connectivity index (χ0v) is 16.3. The number of carbonyl (C=O) groups is 1. The van der Waals surface area contributed by atoms with Crippen molar-refractivity contribution in [3.8, 4) is 0 Å². The van der Waals surface area contributed by atoms with E-state index < -0.39 is 5.60 Å². The van der Waals surface area contributed by atoms with E-state index in [0.717, 1.165) is 29.5 Å². The first-order valence-corrected chi connectivity index (χ1v) is 10.1. The van der Waals surface area contributed by atoms with Crippen molar-refractivity contribution in [2.75, 3.05) is 6.54 Å². The molecule has 3 aromatic carbocycles. The number of hydrogen-bond donors (Lipinski definition) is 3. The van der Waals surface area contributed by atoms with E-state index in [1.807, 2.05) is 91.0 Å². The number of nitrogens with one attached hydrogen (secondary N) is 2. The minimum absolute atomic E-state index is 0.184. The zero-order chi connectivity index (χ0) is 20.1. The number of benzene rings is 3. The number of hydrogen-bond acceptors (Lipinski definition) is 2. The van der Waals surface area contributed by atoms with Gasteiger partial charge in [-0.05, 0) is 35.4 Å². The summed E-state index contributed by atoms with van der Waals surface area (Å²) < 4.78 is 0. The van der Waals surface area contributed by atoms with Crippen LogP contribution < -0.4 is 10.6 Å². The molecule has 4 heteroatoms. The number of carbonyl (C=O) groups excluding carboxylic acids is 1. The molecular weight excluding hydrogens is 360 g/mol. The maximum Gasteiger partial charge on any atom is 0.315 e. The van der Waals surface area contributed by atoms with Gasteiger partial charge < -0.3 is 15.7 Å². The lowest BCUT2D eigenvalue weighted by molar-refractivity contribution is 0.0159. The van der Waals surface area contributed by atoms with Crippen molar-refractivity contribution in [2.24, 2.45) is 5.92 Å². The van der Waals surface area contributed by atoms with Crippen LogP contribution >= 0.6 is 0 Å². The van der Waals surface area contributed by atoms with Crippen LogP contribution in [0.2, 0.25) is 0 Å². The van der Waals surface area contributed by atoms with Crippen molar-refractivity contribution in [3.05, 3.63) is 108 Å². The smallest absolute Gasteiger partial charge is 0.315 e. The highest BCUT2D eigenvalue weighted by molar-refractivity contribution is 5.75. The van der Waals surface area contributed by atoms with Gasteiger partial charge in [-0.15, -0.1) is 0 Å². The number of urea groups is 1. The minimum Gasteiger partial charge on any atom is -0.383 e. The SMILES string of the molecule is O=C(NC[C@@](O)(c1ccccc1)C1CC1)NC(c1ccccc1)c1ccccc1. The molecule has 1 aliphatic carbocycles. The molecule has 0 aromatic heterocycles. The Labute approximate surface area is 171 Å². The average molecular weight is 386 g/mol. The van der Waals surface area contributed by atoms with E-state index in [9.17, 15) is 9.90 Å². The number of rotatable bonds is 7. The molecule has 0 bridgehead atoms. The topological polar surface area (TPSA) is 61.4 Å². The van der Waals surface area contributed by atoms with Crippen LogP contribution in [0, 0.1) is 5.92 Å². The van der Waals surface area contributed by atoms with Gasteiger partial charge in [-0.3, -0.25) is 0 Å². The summed E-state index contributed by atoms with van der Waals surface area (Å²) in [6.07, 6.45) is 1.96. The summed E-state index contributed by atoms with van der Waals surface area (Å²) in [5.74, 6) is 0.184. The van der Waals surface area contributed by atoms with E-state index in [1.165, 1.54) is 0 Å². The first-order valence-electron chi connectivity index (χ1n) is 10.1. The van der Waals surface area contributed by atoms with Crippen molar-refractivity contribution in [2.45, 2.75) is 24.5 Å². The quantitative estimate of drug-likeness (QED) is 0.565. The lowest BCUT2D eigenvalue weighted by Gasteiger charge is -2.30. The van der Waals surface area contributed by atoms with Crippen molar-refractivity contribution in [1.82, 2.24) is 10.6 Å². The standard InChI is InChI=1S/C25H26N2O2/c28-24(26-18-25(29,22-16-17-22)21-14-8-3-9-15-21)27-23(19-10-4-1-5-11-19)20-12-6-2-7-13-20/h1-15,22-23,29H,16-18H2,(H2,26,27,28)/t25-/m1/s1. The van der Waals surface area contributed by atoms with Crippen LogP contribution in [-0.4, -0.2) is 17.7 Å². The molecule has 1 saturated carbocycles. The minimum atomic E-state index is -1.03. The third-order valence-electron chi connectivity index (χ3n) is 5.59. The third kappa shape index (κ3) is 4.49. The molecule has 3 N–H and O–H groups in total. The van der Waals surface area contributed by atoms with Crippen molar-refractivity contribution in [1.29, 1.82) is 0 Å². The van der Waals surface area contributed by atoms with Crippen LogP contribution in [0.15, 0.2) is 91.0 Å². The average Bonchev–Trinajstić information content (AvgIpc) is 3.64. The predicted octanol–water partition coefficient (Wildman–Crippen LogP) is 4.37. The Morgan fingerprint density at radius 2 is 1.34 bits per heavy atom. The molecule has 0 aliphatic heterocycles. The summed E-state index contributed by atoms with van der Waals surface area (Å²) in [4.78, 5) is 12.8. The Balaban J connectivity index is 1.48. The molecule has 1 fully saturated rings. The molecule has 0 radical (unpaired) electrons. The highest BCUT2D eigenvalue weighted by Crippen LogP contribution is 2.45. The molecule has 1 aliphatic rings. The van der Waals surface area contributed by atoms with Crippen LogP contribution in [-0.2, 0) is 5.60 Å². The van der Waals surface area contributed by atoms with Crippen molar-refractivity contribution in [3.63, 3.8) is 0 Å². The molecule has 148 valence electrons. The lowest BCUT2D eigenvalue weighted by atomic mass is 9.88. The van der Waals surface area contributed by atoms with E-state index in [4.69, 9.17) is 0 Å². The Hall–Kier alpha value is -3.11. The van der Waals surface area contributed by atoms with Gasteiger partial charge >= 0.3 is 6.03 Å². The molecule has 4 nitrogen and oxygen atoms in total. The second kappa shape index (κ2) is 8.50. The normalized spacial score (nSPS) is 15.5. The lowest BCUT2D eigenvalue weighted by Crippen LogP contribution is -2.46. The summed E-state index contributed by atoms with van der Waals surface area (Å²) in [6.45, 7) is 0.184. The molecular formula is C25H26N2O2. The van der Waals surface area contributed by atoms with Gasteiger partial charge in [0.25, 0.3) is 0 Å². The first kappa shape index (κ1) is 19.2. The fourth-order valence-electron chi connectivity index (χ4n) is 3.82. The maximum absolute atomic E-state index is 12.8. The second-order valence-corrected chi connectivity index (χ2v) is 7.65. The fraction of sp³-hybridized carbons (Fsp3) is 0.240. The van der Waals surface area contributed by atoms with Gasteiger partial charge in [0.1, 0.15) is 5.60 Å². The zero-order valence-electron chi connectivity index (χ0n) is 16.3. The third-order valence-corrected chi connectivity index (χ3v) is 5.59. The molecule has 0 saturated heterocycles. The van der Waals surface area contributed by atoms with E-state index in [0.29, 0.717) is 0 Å². The van der Waals surface area contributed by atoms with E-state index in [1.54, 1.807) is 0 Å². The summed E-state index contributed by atoms with van der Waals surface area (Å²) in [5, 5.41) is 17.3. The Morgan fingerprint density at radius 1 is 0.862 bits per heavy atom. The van der Waals surface area contributed by atoms with Gasteiger partial charge in [0.05, 0.1) is 12.6 Å². The Kier molecular flexibility index (Phi) is 5.63. The van der Waals surface area contributed by atoms with Gasteiger partial charge in [0.2, 0.25) is 0 Å². The Bertz CT molecular complexity index is 887. The van der Waals surface area contributed by atoms with Crippen LogP contribution in [0.3, 0.4) is 0 Å². The van der Waals surface area contributed by atoms with Crippen LogP contribution in [0.4, 0.5) is 4.79 Å². The summed E-state index contributed by atoms with van der Waals surface area (Å²) >= 11 is 0. The highest BCUT2D eigenvalue weighted by atomic mass is 16.3. The molecule has 29 heavy (non-hydrogen) atoms. The monoisotopic (exact) mass is 386 g/mol. The second-order valence-electron chi connectivity index (χ2n) is 7.65. The fourth-order valence-corrected chi connectivity index (χ4v) is 3.82. The molecule has 0 spiro atoms. The van der Waals surface area contributed by atoms with Crippen LogP contribution in [0.5, 0.6) is 0 Å². The Morgan fingerprint density at radius 3 is 1.83 bits per heavy atom. The summed E-state index contributed by atoms with van der Waals surface area (Å²) in [6, 6.07) is 28.9. The number of aliphatic hydroxyl groups is 1. The van der Waals surface area contributed by atoms with Crippen LogP contribution in [0.25, 0.3) is 0 Å². The van der Waals surface area contributed by atoms with E-state index >= 15 is 0 Å². The van der Waals surface area contributed by atoms with Gasteiger partial charge in [-0.25, -0.2) is 4.79 Å². The summed E-state index contributed by atoms with van der Waals surface area (Å²) in [5.41, 5.74) is 1.84. The molecule has 4 rings (SSSR count).